The molecule has 1 saturated heterocycles. The van der Waals surface area contributed by atoms with Gasteiger partial charge in [0.05, 0.1) is 19.4 Å². The first kappa shape index (κ1) is 24.2. The zero-order valence-electron chi connectivity index (χ0n) is 19.4. The van der Waals surface area contributed by atoms with Crippen molar-refractivity contribution in [3.63, 3.8) is 0 Å². The van der Waals surface area contributed by atoms with Gasteiger partial charge in [-0.1, -0.05) is 35.2 Å². The van der Waals surface area contributed by atoms with Crippen molar-refractivity contribution in [3.05, 3.63) is 48.5 Å². The summed E-state index contributed by atoms with van der Waals surface area (Å²) in [5.41, 5.74) is 2.02. The van der Waals surface area contributed by atoms with Crippen molar-refractivity contribution in [1.82, 2.24) is 15.1 Å². The van der Waals surface area contributed by atoms with Gasteiger partial charge in [-0.15, -0.1) is 10.2 Å². The van der Waals surface area contributed by atoms with Crippen molar-refractivity contribution >= 4 is 45.5 Å². The minimum Gasteiger partial charge on any atom is -0.497 e. The summed E-state index contributed by atoms with van der Waals surface area (Å²) in [6.45, 7) is 5.70. The SMILES string of the molecule is CCOc1ccccc1Nc1nnc(SCCC(=O)N2CCN(c3ccc(OC)cc3)CC2)s1. The van der Waals surface area contributed by atoms with Gasteiger partial charge in [0.15, 0.2) is 4.34 Å². The van der Waals surface area contributed by atoms with E-state index in [-0.39, 0.29) is 5.91 Å². The number of carbonyl (C=O) groups is 1. The van der Waals surface area contributed by atoms with Crippen LogP contribution in [0.2, 0.25) is 0 Å². The second-order valence-corrected chi connectivity index (χ2v) is 9.91. The minimum atomic E-state index is 0.190. The van der Waals surface area contributed by atoms with E-state index in [4.69, 9.17) is 9.47 Å². The summed E-state index contributed by atoms with van der Waals surface area (Å²) in [6.07, 6.45) is 0.489. The zero-order valence-corrected chi connectivity index (χ0v) is 21.0. The van der Waals surface area contributed by atoms with Gasteiger partial charge in [-0.2, -0.15) is 0 Å². The van der Waals surface area contributed by atoms with Gasteiger partial charge in [-0.25, -0.2) is 0 Å². The van der Waals surface area contributed by atoms with E-state index in [1.165, 1.54) is 11.3 Å². The number of hydrogen-bond donors (Lipinski definition) is 1. The standard InChI is InChI=1S/C24H29N5O3S2/c1-3-32-21-7-5-4-6-20(21)25-23-26-27-24(34-23)33-17-12-22(30)29-15-13-28(14-16-29)18-8-10-19(31-2)11-9-18/h4-11H,3,12-17H2,1-2H3,(H,25,26). The molecule has 1 aromatic heterocycles. The molecule has 2 heterocycles. The van der Waals surface area contributed by atoms with Crippen molar-refractivity contribution in [2.24, 2.45) is 0 Å². The van der Waals surface area contributed by atoms with E-state index in [1.807, 2.05) is 48.2 Å². The fraction of sp³-hybridized carbons (Fsp3) is 0.375. The van der Waals surface area contributed by atoms with Crippen LogP contribution < -0.4 is 19.7 Å². The Morgan fingerprint density at radius 2 is 1.85 bits per heavy atom. The third kappa shape index (κ3) is 6.32. The van der Waals surface area contributed by atoms with Crippen LogP contribution in [0.25, 0.3) is 0 Å². The maximum atomic E-state index is 12.7. The second kappa shape index (κ2) is 11.9. The van der Waals surface area contributed by atoms with E-state index in [0.717, 1.165) is 53.4 Å². The molecule has 34 heavy (non-hydrogen) atoms. The van der Waals surface area contributed by atoms with Gasteiger partial charge in [-0.3, -0.25) is 4.79 Å². The highest BCUT2D eigenvalue weighted by Gasteiger charge is 2.21. The summed E-state index contributed by atoms with van der Waals surface area (Å²) < 4.78 is 11.7. The molecular formula is C24H29N5O3S2. The van der Waals surface area contributed by atoms with Crippen LogP contribution >= 0.6 is 23.1 Å². The minimum absolute atomic E-state index is 0.190. The number of nitrogens with zero attached hydrogens (tertiary/aromatic N) is 4. The Balaban J connectivity index is 1.20. The van der Waals surface area contributed by atoms with E-state index < -0.39 is 0 Å². The van der Waals surface area contributed by atoms with Crippen LogP contribution in [0.15, 0.2) is 52.9 Å². The summed E-state index contributed by atoms with van der Waals surface area (Å²) in [6, 6.07) is 15.8. The zero-order chi connectivity index (χ0) is 23.8. The first-order valence-electron chi connectivity index (χ1n) is 11.3. The van der Waals surface area contributed by atoms with Crippen LogP contribution in [0, 0.1) is 0 Å². The molecule has 10 heteroatoms. The van der Waals surface area contributed by atoms with Crippen molar-refractivity contribution in [3.8, 4) is 11.5 Å². The number of anilines is 3. The van der Waals surface area contributed by atoms with Crippen molar-refractivity contribution in [2.75, 3.05) is 55.9 Å². The first-order valence-corrected chi connectivity index (χ1v) is 13.1. The van der Waals surface area contributed by atoms with Crippen LogP contribution in [-0.4, -0.2) is 66.7 Å². The molecule has 8 nitrogen and oxygen atoms in total. The fourth-order valence-electron chi connectivity index (χ4n) is 3.68. The van der Waals surface area contributed by atoms with Crippen LogP contribution in [0.1, 0.15) is 13.3 Å². The average Bonchev–Trinajstić information content (AvgIpc) is 3.32. The molecule has 0 unspecified atom stereocenters. The fourth-order valence-corrected chi connectivity index (χ4v) is 5.44. The predicted octanol–water partition coefficient (Wildman–Crippen LogP) is 4.52. The third-order valence-corrected chi connectivity index (χ3v) is 7.42. The topological polar surface area (TPSA) is 79.8 Å². The monoisotopic (exact) mass is 499 g/mol. The lowest BCUT2D eigenvalue weighted by molar-refractivity contribution is -0.131. The molecule has 3 aromatic rings. The van der Waals surface area contributed by atoms with E-state index in [2.05, 4.69) is 32.5 Å². The van der Waals surface area contributed by atoms with E-state index in [1.54, 1.807) is 18.9 Å². The number of hydrogen-bond acceptors (Lipinski definition) is 9. The molecule has 4 rings (SSSR count). The van der Waals surface area contributed by atoms with Crippen molar-refractivity contribution < 1.29 is 14.3 Å². The van der Waals surface area contributed by atoms with Crippen molar-refractivity contribution in [2.45, 2.75) is 17.7 Å². The number of benzene rings is 2. The highest BCUT2D eigenvalue weighted by molar-refractivity contribution is 8.01. The number of nitrogens with one attached hydrogen (secondary N) is 1. The summed E-state index contributed by atoms with van der Waals surface area (Å²) in [5.74, 6) is 2.51. The summed E-state index contributed by atoms with van der Waals surface area (Å²) in [5, 5.41) is 12.4. The number of para-hydroxylation sites is 2. The number of ether oxygens (including phenoxy) is 2. The van der Waals surface area contributed by atoms with Gasteiger partial charge < -0.3 is 24.6 Å². The number of amides is 1. The predicted molar refractivity (Wildman–Crippen MR) is 138 cm³/mol. The Hall–Kier alpha value is -2.98. The second-order valence-electron chi connectivity index (χ2n) is 7.59. The molecule has 0 spiro atoms. The normalized spacial score (nSPS) is 13.6. The van der Waals surface area contributed by atoms with Gasteiger partial charge in [0.1, 0.15) is 11.5 Å². The maximum Gasteiger partial charge on any atom is 0.223 e. The average molecular weight is 500 g/mol. The smallest absolute Gasteiger partial charge is 0.223 e. The van der Waals surface area contributed by atoms with Crippen LogP contribution in [-0.2, 0) is 4.79 Å². The molecule has 1 aliphatic heterocycles. The molecule has 1 aliphatic rings. The Morgan fingerprint density at radius 1 is 1.09 bits per heavy atom. The highest BCUT2D eigenvalue weighted by atomic mass is 32.2. The number of aromatic nitrogens is 2. The Bertz CT molecular complexity index is 1070. The molecule has 0 atom stereocenters. The highest BCUT2D eigenvalue weighted by Crippen LogP contribution is 2.32. The maximum absolute atomic E-state index is 12.7. The van der Waals surface area contributed by atoms with Crippen molar-refractivity contribution in [1.29, 1.82) is 0 Å². The largest absolute Gasteiger partial charge is 0.497 e. The lowest BCUT2D eigenvalue weighted by Crippen LogP contribution is -2.48. The quantitative estimate of drug-likeness (QED) is 0.408. The Kier molecular flexibility index (Phi) is 8.48. The van der Waals surface area contributed by atoms with Crippen LogP contribution in [0.3, 0.4) is 0 Å². The Labute approximate surface area is 208 Å². The summed E-state index contributed by atoms with van der Waals surface area (Å²) >= 11 is 3.04. The van der Waals surface area contributed by atoms with Gasteiger partial charge >= 0.3 is 0 Å². The molecule has 0 radical (unpaired) electrons. The molecular weight excluding hydrogens is 470 g/mol. The van der Waals surface area contributed by atoms with Gasteiger partial charge in [0, 0.05) is 44.0 Å². The summed E-state index contributed by atoms with van der Waals surface area (Å²) in [4.78, 5) is 16.9. The molecule has 180 valence electrons. The van der Waals surface area contributed by atoms with Crippen LogP contribution in [0.5, 0.6) is 11.5 Å². The molecule has 0 aliphatic carbocycles. The number of rotatable bonds is 10. The molecule has 1 amide bonds. The van der Waals surface area contributed by atoms with E-state index >= 15 is 0 Å². The Morgan fingerprint density at radius 3 is 2.59 bits per heavy atom. The van der Waals surface area contributed by atoms with E-state index in [9.17, 15) is 4.79 Å². The number of carbonyl (C=O) groups excluding carboxylic acids is 1. The first-order chi connectivity index (χ1) is 16.7. The van der Waals surface area contributed by atoms with Gasteiger partial charge in [-0.05, 0) is 43.3 Å². The molecule has 0 bridgehead atoms. The molecule has 1 N–H and O–H groups in total. The van der Waals surface area contributed by atoms with E-state index in [0.29, 0.717) is 23.9 Å². The van der Waals surface area contributed by atoms with Gasteiger partial charge in [0.2, 0.25) is 11.0 Å². The molecule has 1 fully saturated rings. The lowest BCUT2D eigenvalue weighted by atomic mass is 10.2. The lowest BCUT2D eigenvalue weighted by Gasteiger charge is -2.36. The number of methoxy groups -OCH3 is 1. The van der Waals surface area contributed by atoms with Crippen LogP contribution in [0.4, 0.5) is 16.5 Å². The molecule has 2 aromatic carbocycles. The molecule has 0 saturated carbocycles. The third-order valence-electron chi connectivity index (χ3n) is 5.45. The summed E-state index contributed by atoms with van der Waals surface area (Å²) in [7, 11) is 1.67. The van der Waals surface area contributed by atoms with Gasteiger partial charge in [0.25, 0.3) is 0 Å². The number of thioether (sulfide) groups is 1. The number of piperazine rings is 1.